The van der Waals surface area contributed by atoms with Gasteiger partial charge in [0.25, 0.3) is 0 Å². The molecule has 1 amide bonds. The molecule has 0 aliphatic carbocycles. The molecule has 1 fully saturated rings. The molecule has 0 spiro atoms. The van der Waals surface area contributed by atoms with E-state index in [0.29, 0.717) is 23.8 Å². The van der Waals surface area contributed by atoms with Crippen molar-refractivity contribution in [1.29, 1.82) is 0 Å². The number of piperidine rings is 1. The molecule has 0 saturated carbocycles. The molecular weight excluding hydrogens is 414 g/mol. The number of fused-ring (bicyclic) bond motifs is 1. The van der Waals surface area contributed by atoms with Crippen molar-refractivity contribution in [3.63, 3.8) is 0 Å². The molecule has 1 aliphatic rings. The summed E-state index contributed by atoms with van der Waals surface area (Å²) in [6.07, 6.45) is 1.55. The van der Waals surface area contributed by atoms with E-state index in [0.717, 1.165) is 47.0 Å². The van der Waals surface area contributed by atoms with Gasteiger partial charge in [0, 0.05) is 25.1 Å². The van der Waals surface area contributed by atoms with Crippen LogP contribution in [0.1, 0.15) is 19.8 Å². The second-order valence-electron chi connectivity index (χ2n) is 7.38. The van der Waals surface area contributed by atoms with Crippen molar-refractivity contribution in [3.05, 3.63) is 36.4 Å². The van der Waals surface area contributed by atoms with E-state index >= 15 is 0 Å². The SMILES string of the molecule is CCOc1ccc2nc(N3CCC(C(=O)Nc4cc(OC)ccc4OC)CC3)sc2c1. The Morgan fingerprint density at radius 1 is 1.13 bits per heavy atom. The molecule has 0 radical (unpaired) electrons. The number of nitrogens with one attached hydrogen (secondary N) is 1. The van der Waals surface area contributed by atoms with Crippen LogP contribution in [0.5, 0.6) is 17.2 Å². The van der Waals surface area contributed by atoms with Crippen molar-refractivity contribution in [3.8, 4) is 17.2 Å². The minimum Gasteiger partial charge on any atom is -0.497 e. The van der Waals surface area contributed by atoms with E-state index in [2.05, 4.69) is 10.2 Å². The van der Waals surface area contributed by atoms with Crippen LogP contribution >= 0.6 is 11.3 Å². The van der Waals surface area contributed by atoms with Gasteiger partial charge >= 0.3 is 0 Å². The monoisotopic (exact) mass is 441 g/mol. The molecular formula is C23H27N3O4S. The van der Waals surface area contributed by atoms with E-state index in [-0.39, 0.29) is 11.8 Å². The summed E-state index contributed by atoms with van der Waals surface area (Å²) >= 11 is 1.67. The van der Waals surface area contributed by atoms with Crippen molar-refractivity contribution in [2.45, 2.75) is 19.8 Å². The summed E-state index contributed by atoms with van der Waals surface area (Å²) < 4.78 is 17.3. The fourth-order valence-corrected chi connectivity index (χ4v) is 4.81. The zero-order valence-corrected chi connectivity index (χ0v) is 18.8. The first-order chi connectivity index (χ1) is 15.1. The Balaban J connectivity index is 1.39. The van der Waals surface area contributed by atoms with Gasteiger partial charge in [-0.15, -0.1) is 0 Å². The number of thiazole rings is 1. The summed E-state index contributed by atoms with van der Waals surface area (Å²) in [6.45, 7) is 4.22. The Bertz CT molecular complexity index is 1060. The Kier molecular flexibility index (Phi) is 6.46. The predicted octanol–water partition coefficient (Wildman–Crippen LogP) is 4.57. The number of carbonyl (C=O) groups is 1. The van der Waals surface area contributed by atoms with Gasteiger partial charge in [0.1, 0.15) is 17.2 Å². The molecule has 0 atom stereocenters. The molecule has 4 rings (SSSR count). The minimum absolute atomic E-state index is 0.0110. The van der Waals surface area contributed by atoms with Gasteiger partial charge in [0.05, 0.1) is 36.7 Å². The summed E-state index contributed by atoms with van der Waals surface area (Å²) in [5, 5.41) is 4.01. The number of aromatic nitrogens is 1. The minimum atomic E-state index is -0.0499. The quantitative estimate of drug-likeness (QED) is 0.579. The molecule has 2 aromatic carbocycles. The van der Waals surface area contributed by atoms with Gasteiger partial charge in [-0.1, -0.05) is 11.3 Å². The van der Waals surface area contributed by atoms with Crippen molar-refractivity contribution in [2.24, 2.45) is 5.92 Å². The van der Waals surface area contributed by atoms with Gasteiger partial charge < -0.3 is 24.4 Å². The first-order valence-corrected chi connectivity index (χ1v) is 11.2. The third-order valence-electron chi connectivity index (χ3n) is 5.46. The molecule has 8 heteroatoms. The lowest BCUT2D eigenvalue weighted by molar-refractivity contribution is -0.120. The first kappa shape index (κ1) is 21.2. The zero-order valence-electron chi connectivity index (χ0n) is 18.0. The van der Waals surface area contributed by atoms with E-state index in [9.17, 15) is 4.79 Å². The number of hydrogen-bond donors (Lipinski definition) is 1. The summed E-state index contributed by atoms with van der Waals surface area (Å²) in [4.78, 5) is 19.9. The fourth-order valence-electron chi connectivity index (χ4n) is 3.76. The normalized spacial score (nSPS) is 14.5. The maximum Gasteiger partial charge on any atom is 0.227 e. The molecule has 1 N–H and O–H groups in total. The van der Waals surface area contributed by atoms with Crippen LogP contribution in [-0.2, 0) is 4.79 Å². The maximum absolute atomic E-state index is 12.9. The van der Waals surface area contributed by atoms with Crippen LogP contribution in [0, 0.1) is 5.92 Å². The highest BCUT2D eigenvalue weighted by molar-refractivity contribution is 7.22. The predicted molar refractivity (Wildman–Crippen MR) is 124 cm³/mol. The lowest BCUT2D eigenvalue weighted by Gasteiger charge is -2.31. The third kappa shape index (κ3) is 4.69. The molecule has 7 nitrogen and oxygen atoms in total. The highest BCUT2D eigenvalue weighted by Crippen LogP contribution is 2.34. The van der Waals surface area contributed by atoms with E-state index in [1.807, 2.05) is 31.2 Å². The molecule has 1 aliphatic heterocycles. The molecule has 0 bridgehead atoms. The highest BCUT2D eigenvalue weighted by atomic mass is 32.1. The van der Waals surface area contributed by atoms with E-state index in [1.165, 1.54) is 0 Å². The molecule has 3 aromatic rings. The van der Waals surface area contributed by atoms with Gasteiger partial charge in [0.2, 0.25) is 5.91 Å². The zero-order chi connectivity index (χ0) is 21.8. The second kappa shape index (κ2) is 9.43. The van der Waals surface area contributed by atoms with Gasteiger partial charge in [-0.2, -0.15) is 0 Å². The number of rotatable bonds is 7. The van der Waals surface area contributed by atoms with Gasteiger partial charge in [0.15, 0.2) is 5.13 Å². The number of hydrogen-bond acceptors (Lipinski definition) is 7. The average Bonchev–Trinajstić information content (AvgIpc) is 3.23. The van der Waals surface area contributed by atoms with Crippen molar-refractivity contribution >= 4 is 38.3 Å². The summed E-state index contributed by atoms with van der Waals surface area (Å²) in [5.41, 5.74) is 1.61. The molecule has 2 heterocycles. The first-order valence-electron chi connectivity index (χ1n) is 10.4. The number of nitrogens with zero attached hydrogens (tertiary/aromatic N) is 2. The van der Waals surface area contributed by atoms with Gasteiger partial charge in [-0.25, -0.2) is 4.98 Å². The molecule has 1 aromatic heterocycles. The number of anilines is 2. The average molecular weight is 442 g/mol. The smallest absolute Gasteiger partial charge is 0.227 e. The maximum atomic E-state index is 12.9. The Hall–Kier alpha value is -3.00. The topological polar surface area (TPSA) is 72.9 Å². The summed E-state index contributed by atoms with van der Waals surface area (Å²) in [6, 6.07) is 11.4. The standard InChI is InChI=1S/C23H27N3O4S/c1-4-30-17-5-7-18-21(14-17)31-23(25-18)26-11-9-15(10-12-26)22(27)24-19-13-16(28-2)6-8-20(19)29-3/h5-8,13-15H,4,9-12H2,1-3H3,(H,24,27). The lowest BCUT2D eigenvalue weighted by atomic mass is 9.96. The van der Waals surface area contributed by atoms with Crippen molar-refractivity contribution in [2.75, 3.05) is 44.1 Å². The van der Waals surface area contributed by atoms with E-state index in [4.69, 9.17) is 19.2 Å². The molecule has 1 saturated heterocycles. The van der Waals surface area contributed by atoms with Crippen LogP contribution in [-0.4, -0.2) is 44.8 Å². The Morgan fingerprint density at radius 3 is 2.61 bits per heavy atom. The van der Waals surface area contributed by atoms with Gasteiger partial charge in [-0.05, 0) is 50.1 Å². The van der Waals surface area contributed by atoms with Crippen LogP contribution in [0.25, 0.3) is 10.2 Å². The molecule has 31 heavy (non-hydrogen) atoms. The number of carbonyl (C=O) groups excluding carboxylic acids is 1. The Morgan fingerprint density at radius 2 is 1.90 bits per heavy atom. The fraction of sp³-hybridized carbons (Fsp3) is 0.391. The van der Waals surface area contributed by atoms with E-state index < -0.39 is 0 Å². The van der Waals surface area contributed by atoms with Crippen LogP contribution < -0.4 is 24.4 Å². The largest absolute Gasteiger partial charge is 0.497 e. The Labute approximate surface area is 185 Å². The van der Waals surface area contributed by atoms with Crippen molar-refractivity contribution < 1.29 is 19.0 Å². The molecule has 164 valence electrons. The van der Waals surface area contributed by atoms with Crippen LogP contribution in [0.4, 0.5) is 10.8 Å². The number of methoxy groups -OCH3 is 2. The number of benzene rings is 2. The van der Waals surface area contributed by atoms with Crippen LogP contribution in [0.3, 0.4) is 0 Å². The van der Waals surface area contributed by atoms with Gasteiger partial charge in [-0.3, -0.25) is 4.79 Å². The third-order valence-corrected chi connectivity index (χ3v) is 6.54. The lowest BCUT2D eigenvalue weighted by Crippen LogP contribution is -2.38. The second-order valence-corrected chi connectivity index (χ2v) is 8.38. The van der Waals surface area contributed by atoms with Crippen LogP contribution in [0.15, 0.2) is 36.4 Å². The van der Waals surface area contributed by atoms with E-state index in [1.54, 1.807) is 37.7 Å². The number of amides is 1. The number of ether oxygens (including phenoxy) is 3. The van der Waals surface area contributed by atoms with Crippen LogP contribution in [0.2, 0.25) is 0 Å². The highest BCUT2D eigenvalue weighted by Gasteiger charge is 2.27. The molecule has 0 unspecified atom stereocenters. The summed E-state index contributed by atoms with van der Waals surface area (Å²) in [7, 11) is 3.19. The summed E-state index contributed by atoms with van der Waals surface area (Å²) in [5.74, 6) is 2.12. The van der Waals surface area contributed by atoms with Crippen molar-refractivity contribution in [1.82, 2.24) is 4.98 Å².